The minimum atomic E-state index is -0.641. The minimum absolute atomic E-state index is 0.0301. The molecule has 0 bridgehead atoms. The van der Waals surface area contributed by atoms with Gasteiger partial charge in [-0.05, 0) is 96.4 Å². The van der Waals surface area contributed by atoms with Crippen LogP contribution in [0.25, 0.3) is 6.08 Å². The molecule has 4 aromatic carbocycles. The number of ether oxygens (including phenoxy) is 1. The van der Waals surface area contributed by atoms with Gasteiger partial charge in [-0.2, -0.15) is 0 Å². The smallest absolute Gasteiger partial charge is 0.272 e. The molecular formula is C36H26ClN3O5S2. The summed E-state index contributed by atoms with van der Waals surface area (Å²) in [5.41, 5.74) is 1.42. The number of hydrogen-bond acceptors (Lipinski definition) is 7. The average molecular weight is 680 g/mol. The molecule has 1 fully saturated rings. The molecule has 234 valence electrons. The van der Waals surface area contributed by atoms with Crippen molar-refractivity contribution >= 4 is 75.8 Å². The van der Waals surface area contributed by atoms with Gasteiger partial charge in [0.1, 0.15) is 17.2 Å². The van der Waals surface area contributed by atoms with E-state index in [1.807, 2.05) is 23.6 Å². The molecule has 1 atom stereocenters. The maximum Gasteiger partial charge on any atom is 0.272 e. The molecule has 1 aromatic heterocycles. The zero-order valence-corrected chi connectivity index (χ0v) is 27.0. The second kappa shape index (κ2) is 14.5. The van der Waals surface area contributed by atoms with E-state index in [4.69, 9.17) is 16.3 Å². The van der Waals surface area contributed by atoms with E-state index in [0.717, 1.165) is 4.88 Å². The maximum atomic E-state index is 13.4. The SMILES string of the molecule is O=C(Nc1cccc(S[C@H]2CC(=O)N(c3ccc(Oc4ccc(Cl)cc4)cc3)C2=O)c1)/C(=C/c1cccs1)NC(=O)c1ccccc1. The normalized spacial score (nSPS) is 14.6. The molecule has 8 nitrogen and oxygen atoms in total. The van der Waals surface area contributed by atoms with Crippen LogP contribution in [0.3, 0.4) is 0 Å². The van der Waals surface area contributed by atoms with Crippen LogP contribution >= 0.6 is 34.7 Å². The van der Waals surface area contributed by atoms with E-state index in [1.54, 1.807) is 103 Å². The van der Waals surface area contributed by atoms with Crippen molar-refractivity contribution in [3.63, 3.8) is 0 Å². The van der Waals surface area contributed by atoms with E-state index < -0.39 is 17.1 Å². The Morgan fingerprint density at radius 3 is 2.30 bits per heavy atom. The molecule has 0 radical (unpaired) electrons. The zero-order valence-electron chi connectivity index (χ0n) is 24.6. The van der Waals surface area contributed by atoms with Crippen molar-refractivity contribution < 1.29 is 23.9 Å². The first-order chi connectivity index (χ1) is 22.8. The molecule has 1 aliphatic rings. The second-order valence-electron chi connectivity index (χ2n) is 10.3. The van der Waals surface area contributed by atoms with E-state index in [2.05, 4.69) is 10.6 Å². The van der Waals surface area contributed by atoms with Gasteiger partial charge >= 0.3 is 0 Å². The van der Waals surface area contributed by atoms with Crippen LogP contribution < -0.4 is 20.3 Å². The van der Waals surface area contributed by atoms with Crippen molar-refractivity contribution in [2.45, 2.75) is 16.6 Å². The van der Waals surface area contributed by atoms with Crippen LogP contribution in [0.5, 0.6) is 11.5 Å². The molecule has 0 aliphatic carbocycles. The summed E-state index contributed by atoms with van der Waals surface area (Å²) in [4.78, 5) is 55.3. The zero-order chi connectivity index (χ0) is 32.8. The van der Waals surface area contributed by atoms with Gasteiger partial charge in [0, 0.05) is 32.5 Å². The van der Waals surface area contributed by atoms with Gasteiger partial charge in [0.2, 0.25) is 11.8 Å². The predicted octanol–water partition coefficient (Wildman–Crippen LogP) is 8.03. The highest BCUT2D eigenvalue weighted by atomic mass is 35.5. The second-order valence-corrected chi connectivity index (χ2v) is 13.0. The number of nitrogens with zero attached hydrogens (tertiary/aromatic N) is 1. The molecular weight excluding hydrogens is 654 g/mol. The van der Waals surface area contributed by atoms with Crippen LogP contribution in [-0.4, -0.2) is 28.9 Å². The molecule has 0 unspecified atom stereocenters. The number of carbonyl (C=O) groups is 4. The number of anilines is 2. The van der Waals surface area contributed by atoms with E-state index in [1.165, 1.54) is 28.0 Å². The van der Waals surface area contributed by atoms with E-state index >= 15 is 0 Å². The van der Waals surface area contributed by atoms with Crippen LogP contribution in [-0.2, 0) is 14.4 Å². The largest absolute Gasteiger partial charge is 0.457 e. The molecule has 47 heavy (non-hydrogen) atoms. The first-order valence-electron chi connectivity index (χ1n) is 14.4. The van der Waals surface area contributed by atoms with Gasteiger partial charge < -0.3 is 15.4 Å². The van der Waals surface area contributed by atoms with Gasteiger partial charge in [-0.25, -0.2) is 4.90 Å². The Hall–Kier alpha value is -5.16. The van der Waals surface area contributed by atoms with Gasteiger partial charge in [0.05, 0.1) is 10.9 Å². The standard InChI is InChI=1S/C36H26ClN3O5S2/c37-24-11-15-27(16-12-24)45-28-17-13-26(14-18-28)40-33(41)22-32(36(40)44)47-30-9-4-8-25(20-30)38-35(43)31(21-29-10-5-19-46-29)39-34(42)23-6-2-1-3-7-23/h1-21,32H,22H2,(H,38,43)(H,39,42)/b31-21-/t32-/m0/s1. The summed E-state index contributed by atoms with van der Waals surface area (Å²) in [5.74, 6) is -0.395. The topological polar surface area (TPSA) is 105 Å². The summed E-state index contributed by atoms with van der Waals surface area (Å²) in [7, 11) is 0. The first kappa shape index (κ1) is 31.8. The Balaban J connectivity index is 1.11. The molecule has 6 rings (SSSR count). The van der Waals surface area contributed by atoms with E-state index in [0.29, 0.717) is 38.4 Å². The van der Waals surface area contributed by atoms with Crippen LogP contribution in [0.2, 0.25) is 5.02 Å². The lowest BCUT2D eigenvalue weighted by Crippen LogP contribution is -2.31. The summed E-state index contributed by atoms with van der Waals surface area (Å²) < 4.78 is 5.82. The molecule has 5 aromatic rings. The summed E-state index contributed by atoms with van der Waals surface area (Å²) in [6.07, 6.45) is 1.65. The third-order valence-corrected chi connectivity index (χ3v) is 9.23. The quantitative estimate of drug-likeness (QED) is 0.114. The van der Waals surface area contributed by atoms with Crippen LogP contribution in [0.1, 0.15) is 21.7 Å². The fourth-order valence-electron chi connectivity index (χ4n) is 4.74. The molecule has 4 amide bonds. The fourth-order valence-corrected chi connectivity index (χ4v) is 6.63. The molecule has 2 heterocycles. The van der Waals surface area contributed by atoms with Crippen molar-refractivity contribution in [1.82, 2.24) is 5.32 Å². The number of amides is 4. The number of imide groups is 1. The van der Waals surface area contributed by atoms with Crippen molar-refractivity contribution in [3.8, 4) is 11.5 Å². The lowest BCUT2D eigenvalue weighted by atomic mass is 10.2. The Morgan fingerprint density at radius 2 is 1.60 bits per heavy atom. The van der Waals surface area contributed by atoms with E-state index in [9.17, 15) is 19.2 Å². The van der Waals surface area contributed by atoms with Gasteiger partial charge in [-0.1, -0.05) is 41.9 Å². The number of benzene rings is 4. The third-order valence-electron chi connectivity index (χ3n) is 6.98. The molecule has 0 spiro atoms. The number of thiophene rings is 1. The number of halogens is 1. The fraction of sp³-hybridized carbons (Fsp3) is 0.0556. The average Bonchev–Trinajstić information content (AvgIpc) is 3.69. The Bertz CT molecular complexity index is 1950. The molecule has 11 heteroatoms. The third kappa shape index (κ3) is 7.98. The van der Waals surface area contributed by atoms with E-state index in [-0.39, 0.29) is 23.9 Å². The first-order valence-corrected chi connectivity index (χ1v) is 16.6. The van der Waals surface area contributed by atoms with Gasteiger partial charge in [-0.15, -0.1) is 23.1 Å². The predicted molar refractivity (Wildman–Crippen MR) is 186 cm³/mol. The highest BCUT2D eigenvalue weighted by Crippen LogP contribution is 2.36. The molecule has 1 saturated heterocycles. The van der Waals surface area contributed by atoms with Crippen molar-refractivity contribution in [1.29, 1.82) is 0 Å². The summed E-state index contributed by atoms with van der Waals surface area (Å²) in [5, 5.41) is 7.41. The Kier molecular flexibility index (Phi) is 9.82. The lowest BCUT2D eigenvalue weighted by Gasteiger charge is -2.16. The Morgan fingerprint density at radius 1 is 0.872 bits per heavy atom. The summed E-state index contributed by atoms with van der Waals surface area (Å²) >= 11 is 8.61. The number of thioether (sulfide) groups is 1. The molecule has 2 N–H and O–H groups in total. The number of carbonyl (C=O) groups excluding carboxylic acids is 4. The monoisotopic (exact) mass is 679 g/mol. The minimum Gasteiger partial charge on any atom is -0.457 e. The van der Waals surface area contributed by atoms with Gasteiger partial charge in [-0.3, -0.25) is 19.2 Å². The molecule has 0 saturated carbocycles. The van der Waals surface area contributed by atoms with Crippen molar-refractivity contribution in [2.24, 2.45) is 0 Å². The molecule has 1 aliphatic heterocycles. The number of nitrogens with one attached hydrogen (secondary N) is 2. The van der Waals surface area contributed by atoms with Crippen LogP contribution in [0.4, 0.5) is 11.4 Å². The Labute approximate surface area is 284 Å². The van der Waals surface area contributed by atoms with Crippen LogP contribution in [0, 0.1) is 0 Å². The number of hydrogen-bond donors (Lipinski definition) is 2. The van der Waals surface area contributed by atoms with Crippen molar-refractivity contribution in [2.75, 3.05) is 10.2 Å². The highest BCUT2D eigenvalue weighted by molar-refractivity contribution is 8.00. The van der Waals surface area contributed by atoms with Gasteiger partial charge in [0.15, 0.2) is 0 Å². The lowest BCUT2D eigenvalue weighted by molar-refractivity contribution is -0.121. The summed E-state index contributed by atoms with van der Waals surface area (Å²) in [6.45, 7) is 0. The highest BCUT2D eigenvalue weighted by Gasteiger charge is 2.40. The van der Waals surface area contributed by atoms with Crippen LogP contribution in [0.15, 0.2) is 131 Å². The maximum absolute atomic E-state index is 13.4. The summed E-state index contributed by atoms with van der Waals surface area (Å²) in [6, 6.07) is 33.0. The van der Waals surface area contributed by atoms with Crippen molar-refractivity contribution in [3.05, 3.63) is 142 Å². The van der Waals surface area contributed by atoms with Gasteiger partial charge in [0.25, 0.3) is 11.8 Å². The number of rotatable bonds is 10.